The minimum Gasteiger partial charge on any atom is -0.469 e. The number of nitrogen functional groups attached to an aromatic ring is 1. The number of halogens is 1. The normalized spacial score (nSPS) is 10.3. The SMILES string of the molecule is Nc1ccc(NC(=O)CCc2ccco2)c(Cl)c1. The lowest BCUT2D eigenvalue weighted by Crippen LogP contribution is -2.12. The maximum Gasteiger partial charge on any atom is 0.224 e. The number of furan rings is 1. The molecule has 94 valence electrons. The summed E-state index contributed by atoms with van der Waals surface area (Å²) in [6.07, 6.45) is 2.49. The molecule has 0 atom stereocenters. The standard InChI is InChI=1S/C13H13ClN2O2/c14-11-8-9(15)3-5-12(11)16-13(17)6-4-10-2-1-7-18-10/h1-3,5,7-8H,4,6,15H2,(H,16,17). The van der Waals surface area contributed by atoms with E-state index in [4.69, 9.17) is 21.8 Å². The second kappa shape index (κ2) is 5.60. The van der Waals surface area contributed by atoms with Crippen molar-refractivity contribution in [2.75, 3.05) is 11.1 Å². The summed E-state index contributed by atoms with van der Waals surface area (Å²) in [6, 6.07) is 8.60. The number of nitrogens with two attached hydrogens (primary N) is 1. The molecule has 3 N–H and O–H groups in total. The molecule has 4 nitrogen and oxygen atoms in total. The summed E-state index contributed by atoms with van der Waals surface area (Å²) < 4.78 is 5.15. The van der Waals surface area contributed by atoms with Crippen LogP contribution in [-0.4, -0.2) is 5.91 Å². The van der Waals surface area contributed by atoms with E-state index in [0.717, 1.165) is 5.76 Å². The summed E-state index contributed by atoms with van der Waals surface area (Å²) in [5.41, 5.74) is 6.70. The number of rotatable bonds is 4. The molecule has 0 saturated carbocycles. The summed E-state index contributed by atoms with van der Waals surface area (Å²) in [5.74, 6) is 0.673. The molecule has 0 fully saturated rings. The average Bonchev–Trinajstić information content (AvgIpc) is 2.83. The van der Waals surface area contributed by atoms with E-state index in [0.29, 0.717) is 29.2 Å². The lowest BCUT2D eigenvalue weighted by molar-refractivity contribution is -0.116. The zero-order chi connectivity index (χ0) is 13.0. The van der Waals surface area contributed by atoms with Gasteiger partial charge in [-0.15, -0.1) is 0 Å². The number of nitrogens with one attached hydrogen (secondary N) is 1. The number of amides is 1. The molecule has 0 spiro atoms. The highest BCUT2D eigenvalue weighted by Gasteiger charge is 2.07. The summed E-state index contributed by atoms with van der Waals surface area (Å²) in [6.45, 7) is 0. The predicted molar refractivity (Wildman–Crippen MR) is 71.5 cm³/mol. The molecule has 2 rings (SSSR count). The summed E-state index contributed by atoms with van der Waals surface area (Å²) in [4.78, 5) is 11.7. The lowest BCUT2D eigenvalue weighted by Gasteiger charge is -2.07. The van der Waals surface area contributed by atoms with Gasteiger partial charge >= 0.3 is 0 Å². The number of hydrogen-bond donors (Lipinski definition) is 2. The van der Waals surface area contributed by atoms with Crippen LogP contribution in [0.3, 0.4) is 0 Å². The lowest BCUT2D eigenvalue weighted by atomic mass is 10.2. The van der Waals surface area contributed by atoms with Gasteiger partial charge in [0, 0.05) is 18.5 Å². The van der Waals surface area contributed by atoms with Crippen molar-refractivity contribution < 1.29 is 9.21 Å². The first kappa shape index (κ1) is 12.5. The molecule has 1 aromatic heterocycles. The number of carbonyl (C=O) groups excluding carboxylic acids is 1. The van der Waals surface area contributed by atoms with Crippen molar-refractivity contribution in [2.24, 2.45) is 0 Å². The Morgan fingerprint density at radius 2 is 2.22 bits per heavy atom. The van der Waals surface area contributed by atoms with Crippen molar-refractivity contribution in [3.8, 4) is 0 Å². The van der Waals surface area contributed by atoms with Crippen LogP contribution < -0.4 is 11.1 Å². The molecule has 1 heterocycles. The largest absolute Gasteiger partial charge is 0.469 e. The van der Waals surface area contributed by atoms with Gasteiger partial charge in [0.2, 0.25) is 5.91 Å². The molecule has 0 unspecified atom stereocenters. The molecule has 0 radical (unpaired) electrons. The van der Waals surface area contributed by atoms with E-state index in [-0.39, 0.29) is 5.91 Å². The highest BCUT2D eigenvalue weighted by Crippen LogP contribution is 2.24. The van der Waals surface area contributed by atoms with Gasteiger partial charge in [0.15, 0.2) is 0 Å². The van der Waals surface area contributed by atoms with Crippen LogP contribution in [0.25, 0.3) is 0 Å². The van der Waals surface area contributed by atoms with Gasteiger partial charge in [-0.25, -0.2) is 0 Å². The molecule has 1 amide bonds. The van der Waals surface area contributed by atoms with Gasteiger partial charge in [0.25, 0.3) is 0 Å². The second-order valence-corrected chi connectivity index (χ2v) is 4.27. The van der Waals surface area contributed by atoms with Crippen molar-refractivity contribution in [3.05, 3.63) is 47.4 Å². The van der Waals surface area contributed by atoms with Crippen LogP contribution in [0.15, 0.2) is 41.0 Å². The zero-order valence-electron chi connectivity index (χ0n) is 9.65. The molecule has 5 heteroatoms. The third kappa shape index (κ3) is 3.28. The van der Waals surface area contributed by atoms with Crippen molar-refractivity contribution in [1.82, 2.24) is 0 Å². The van der Waals surface area contributed by atoms with Gasteiger partial charge < -0.3 is 15.5 Å². The van der Waals surface area contributed by atoms with Crippen LogP contribution in [0.4, 0.5) is 11.4 Å². The van der Waals surface area contributed by atoms with Crippen molar-refractivity contribution in [2.45, 2.75) is 12.8 Å². The van der Waals surface area contributed by atoms with Crippen LogP contribution in [0.2, 0.25) is 5.02 Å². The molecule has 0 bridgehead atoms. The Hall–Kier alpha value is -1.94. The molecule has 1 aromatic carbocycles. The first-order valence-electron chi connectivity index (χ1n) is 5.52. The van der Waals surface area contributed by atoms with Crippen LogP contribution >= 0.6 is 11.6 Å². The number of anilines is 2. The quantitative estimate of drug-likeness (QED) is 0.834. The first-order chi connectivity index (χ1) is 8.65. The van der Waals surface area contributed by atoms with Gasteiger partial charge in [-0.05, 0) is 30.3 Å². The van der Waals surface area contributed by atoms with Crippen LogP contribution in [0.5, 0.6) is 0 Å². The first-order valence-corrected chi connectivity index (χ1v) is 5.90. The third-order valence-electron chi connectivity index (χ3n) is 2.45. The van der Waals surface area contributed by atoms with E-state index in [1.165, 1.54) is 0 Å². The number of hydrogen-bond acceptors (Lipinski definition) is 3. The van der Waals surface area contributed by atoms with Crippen molar-refractivity contribution in [1.29, 1.82) is 0 Å². The topological polar surface area (TPSA) is 68.3 Å². The third-order valence-corrected chi connectivity index (χ3v) is 2.76. The predicted octanol–water partition coefficient (Wildman–Crippen LogP) is 3.09. The van der Waals surface area contributed by atoms with Crippen molar-refractivity contribution >= 4 is 28.9 Å². The summed E-state index contributed by atoms with van der Waals surface area (Å²) in [5, 5.41) is 3.16. The zero-order valence-corrected chi connectivity index (χ0v) is 10.4. The Kier molecular flexibility index (Phi) is 3.89. The maximum absolute atomic E-state index is 11.7. The van der Waals surface area contributed by atoms with Gasteiger partial charge in [0.05, 0.1) is 17.0 Å². The van der Waals surface area contributed by atoms with E-state index in [9.17, 15) is 4.79 Å². The Labute approximate surface area is 110 Å². The van der Waals surface area contributed by atoms with Gasteiger partial charge in [-0.3, -0.25) is 4.79 Å². The van der Waals surface area contributed by atoms with E-state index >= 15 is 0 Å². The maximum atomic E-state index is 11.7. The van der Waals surface area contributed by atoms with E-state index in [1.807, 2.05) is 6.07 Å². The summed E-state index contributed by atoms with van der Waals surface area (Å²) in [7, 11) is 0. The average molecular weight is 265 g/mol. The van der Waals surface area contributed by atoms with Crippen LogP contribution in [0, 0.1) is 0 Å². The Bertz CT molecular complexity index is 538. The highest BCUT2D eigenvalue weighted by molar-refractivity contribution is 6.34. The number of aryl methyl sites for hydroxylation is 1. The van der Waals surface area contributed by atoms with Gasteiger partial charge in [-0.2, -0.15) is 0 Å². The molecule has 0 aliphatic heterocycles. The Morgan fingerprint density at radius 3 is 2.89 bits per heavy atom. The Balaban J connectivity index is 1.91. The monoisotopic (exact) mass is 264 g/mol. The fourth-order valence-electron chi connectivity index (χ4n) is 1.54. The summed E-state index contributed by atoms with van der Waals surface area (Å²) >= 11 is 5.96. The molecular weight excluding hydrogens is 252 g/mol. The fourth-order valence-corrected chi connectivity index (χ4v) is 1.77. The second-order valence-electron chi connectivity index (χ2n) is 3.87. The van der Waals surface area contributed by atoms with Gasteiger partial charge in [0.1, 0.15) is 5.76 Å². The van der Waals surface area contributed by atoms with E-state index < -0.39 is 0 Å². The highest BCUT2D eigenvalue weighted by atomic mass is 35.5. The Morgan fingerprint density at radius 1 is 1.39 bits per heavy atom. The smallest absolute Gasteiger partial charge is 0.224 e. The van der Waals surface area contributed by atoms with E-state index in [1.54, 1.807) is 30.5 Å². The van der Waals surface area contributed by atoms with Crippen LogP contribution in [-0.2, 0) is 11.2 Å². The molecule has 0 aliphatic carbocycles. The number of carbonyl (C=O) groups is 1. The fraction of sp³-hybridized carbons (Fsp3) is 0.154. The minimum absolute atomic E-state index is 0.113. The minimum atomic E-state index is -0.113. The van der Waals surface area contributed by atoms with Crippen LogP contribution in [0.1, 0.15) is 12.2 Å². The van der Waals surface area contributed by atoms with Crippen molar-refractivity contribution in [3.63, 3.8) is 0 Å². The van der Waals surface area contributed by atoms with E-state index in [2.05, 4.69) is 5.32 Å². The number of benzene rings is 1. The molecule has 18 heavy (non-hydrogen) atoms. The molecule has 2 aromatic rings. The molecule has 0 aliphatic rings. The molecule has 0 saturated heterocycles. The van der Waals surface area contributed by atoms with Gasteiger partial charge in [-0.1, -0.05) is 11.6 Å². The molecular formula is C13H13ClN2O2.